The maximum absolute atomic E-state index is 12.8. The van der Waals surface area contributed by atoms with Crippen molar-refractivity contribution in [2.24, 2.45) is 0 Å². The molecule has 1 N–H and O–H groups in total. The van der Waals surface area contributed by atoms with Gasteiger partial charge in [-0.2, -0.15) is 0 Å². The van der Waals surface area contributed by atoms with Crippen LogP contribution in [0.15, 0.2) is 48.5 Å². The van der Waals surface area contributed by atoms with Crippen LogP contribution in [-0.2, 0) is 9.59 Å². The first-order chi connectivity index (χ1) is 13.2. The molecule has 0 unspecified atom stereocenters. The second-order valence-electron chi connectivity index (χ2n) is 6.47. The number of piperazine rings is 1. The number of fused-ring (bicyclic) bond motifs is 1. The number of anilines is 2. The lowest BCUT2D eigenvalue weighted by Crippen LogP contribution is -2.56. The summed E-state index contributed by atoms with van der Waals surface area (Å²) in [6.45, 7) is 2.37. The van der Waals surface area contributed by atoms with Crippen molar-refractivity contribution < 1.29 is 19.1 Å². The molecule has 0 radical (unpaired) electrons. The molecule has 4 rings (SSSR count). The largest absolute Gasteiger partial charge is 0.495 e. The van der Waals surface area contributed by atoms with Crippen LogP contribution >= 0.6 is 0 Å². The highest BCUT2D eigenvalue weighted by Crippen LogP contribution is 2.30. The van der Waals surface area contributed by atoms with Crippen LogP contribution in [0.2, 0.25) is 0 Å². The summed E-state index contributed by atoms with van der Waals surface area (Å²) in [5.41, 5.74) is 1.60. The van der Waals surface area contributed by atoms with E-state index in [1.165, 1.54) is 0 Å². The summed E-state index contributed by atoms with van der Waals surface area (Å²) < 4.78 is 11.1. The van der Waals surface area contributed by atoms with Gasteiger partial charge in [-0.25, -0.2) is 0 Å². The van der Waals surface area contributed by atoms with Gasteiger partial charge in [0.25, 0.3) is 17.9 Å². The predicted molar refractivity (Wildman–Crippen MR) is 101 cm³/mol. The van der Waals surface area contributed by atoms with Crippen molar-refractivity contribution >= 4 is 23.2 Å². The predicted octanol–water partition coefficient (Wildman–Crippen LogP) is 1.74. The highest BCUT2D eigenvalue weighted by Gasteiger charge is 2.37. The normalized spacial score (nSPS) is 19.0. The van der Waals surface area contributed by atoms with Crippen molar-refractivity contribution in [2.75, 3.05) is 43.5 Å². The molecule has 0 spiro atoms. The first-order valence-electron chi connectivity index (χ1n) is 8.90. The Morgan fingerprint density at radius 2 is 1.78 bits per heavy atom. The molecule has 0 aromatic heterocycles. The molecular weight excluding hydrogens is 346 g/mol. The van der Waals surface area contributed by atoms with Crippen LogP contribution in [0, 0.1) is 0 Å². The van der Waals surface area contributed by atoms with Crippen molar-refractivity contribution in [2.45, 2.75) is 6.10 Å². The molecule has 140 valence electrons. The zero-order valence-electron chi connectivity index (χ0n) is 15.1. The van der Waals surface area contributed by atoms with Crippen LogP contribution in [-0.4, -0.2) is 56.1 Å². The van der Waals surface area contributed by atoms with Gasteiger partial charge in [-0.1, -0.05) is 24.3 Å². The van der Waals surface area contributed by atoms with E-state index in [9.17, 15) is 9.59 Å². The maximum atomic E-state index is 12.8. The van der Waals surface area contributed by atoms with Crippen molar-refractivity contribution in [3.05, 3.63) is 48.5 Å². The summed E-state index contributed by atoms with van der Waals surface area (Å²) in [5.74, 6) is 0.597. The summed E-state index contributed by atoms with van der Waals surface area (Å²) in [4.78, 5) is 29.0. The Labute approximate surface area is 157 Å². The molecule has 7 nitrogen and oxygen atoms in total. The molecule has 2 aliphatic rings. The maximum Gasteiger partial charge on any atom is 0.275 e. The molecule has 1 atom stereocenters. The van der Waals surface area contributed by atoms with E-state index in [0.717, 1.165) is 11.4 Å². The smallest absolute Gasteiger partial charge is 0.275 e. The summed E-state index contributed by atoms with van der Waals surface area (Å²) in [7, 11) is 1.65. The van der Waals surface area contributed by atoms with Crippen LogP contribution in [0.1, 0.15) is 0 Å². The third kappa shape index (κ3) is 3.28. The van der Waals surface area contributed by atoms with Gasteiger partial charge in [0, 0.05) is 26.2 Å². The Morgan fingerprint density at radius 1 is 1.07 bits per heavy atom. The highest BCUT2D eigenvalue weighted by molar-refractivity contribution is 6.11. The van der Waals surface area contributed by atoms with E-state index < -0.39 is 12.0 Å². The Balaban J connectivity index is 1.42. The van der Waals surface area contributed by atoms with Crippen LogP contribution in [0.4, 0.5) is 11.4 Å². The lowest BCUT2D eigenvalue weighted by atomic mass is 10.1. The van der Waals surface area contributed by atoms with Crippen molar-refractivity contribution in [1.82, 2.24) is 4.90 Å². The van der Waals surface area contributed by atoms with Gasteiger partial charge in [0.15, 0.2) is 0 Å². The number of para-hydroxylation sites is 4. The molecular formula is C20H21N3O4. The fourth-order valence-electron chi connectivity index (χ4n) is 3.44. The minimum atomic E-state index is -1.14. The fraction of sp³-hybridized carbons (Fsp3) is 0.300. The fourth-order valence-corrected chi connectivity index (χ4v) is 3.44. The Bertz CT molecular complexity index is 862. The first-order valence-corrected chi connectivity index (χ1v) is 8.90. The average molecular weight is 367 g/mol. The molecule has 2 aliphatic heterocycles. The molecule has 0 aliphatic carbocycles. The number of carbonyl (C=O) groups is 2. The number of hydrogen-bond acceptors (Lipinski definition) is 5. The van der Waals surface area contributed by atoms with Crippen molar-refractivity contribution in [3.8, 4) is 11.5 Å². The number of benzene rings is 2. The molecule has 7 heteroatoms. The van der Waals surface area contributed by atoms with E-state index in [4.69, 9.17) is 9.47 Å². The standard InChI is InChI=1S/C20H21N3O4/c1-26-17-9-5-3-7-15(17)22-10-12-23(13-11-22)20(25)18-19(24)21-14-6-2-4-8-16(14)27-18/h2-9,18H,10-13H2,1H3,(H,21,24)/t18-/m0/s1. The van der Waals surface area contributed by atoms with Crippen LogP contribution in [0.25, 0.3) is 0 Å². The molecule has 2 aromatic carbocycles. The number of rotatable bonds is 3. The number of nitrogens with one attached hydrogen (secondary N) is 1. The van der Waals surface area contributed by atoms with E-state index in [1.807, 2.05) is 36.4 Å². The average Bonchev–Trinajstić information content (AvgIpc) is 2.73. The summed E-state index contributed by atoms with van der Waals surface area (Å²) >= 11 is 0. The van der Waals surface area contributed by atoms with Crippen molar-refractivity contribution in [1.29, 1.82) is 0 Å². The third-order valence-electron chi connectivity index (χ3n) is 4.87. The second kappa shape index (κ2) is 7.19. The van der Waals surface area contributed by atoms with Gasteiger partial charge in [0.2, 0.25) is 0 Å². The SMILES string of the molecule is COc1ccccc1N1CCN(C(=O)[C@H]2Oc3ccccc3NC2=O)CC1. The summed E-state index contributed by atoms with van der Waals surface area (Å²) in [5, 5.41) is 2.74. The number of carbonyl (C=O) groups excluding carboxylic acids is 2. The molecule has 2 heterocycles. The number of nitrogens with zero attached hydrogens (tertiary/aromatic N) is 2. The Kier molecular flexibility index (Phi) is 4.58. The van der Waals surface area contributed by atoms with E-state index >= 15 is 0 Å². The summed E-state index contributed by atoms with van der Waals surface area (Å²) in [6.07, 6.45) is -1.14. The molecule has 2 amide bonds. The third-order valence-corrected chi connectivity index (χ3v) is 4.87. The van der Waals surface area contributed by atoms with E-state index in [0.29, 0.717) is 37.6 Å². The molecule has 0 saturated carbocycles. The number of amides is 2. The molecule has 2 aromatic rings. The van der Waals surface area contributed by atoms with E-state index in [2.05, 4.69) is 10.2 Å². The minimum Gasteiger partial charge on any atom is -0.495 e. The van der Waals surface area contributed by atoms with E-state index in [1.54, 1.807) is 24.1 Å². The number of ether oxygens (including phenoxy) is 2. The van der Waals surface area contributed by atoms with Crippen LogP contribution in [0.3, 0.4) is 0 Å². The van der Waals surface area contributed by atoms with Gasteiger partial charge in [0.05, 0.1) is 18.5 Å². The second-order valence-corrected chi connectivity index (χ2v) is 6.47. The molecule has 27 heavy (non-hydrogen) atoms. The zero-order chi connectivity index (χ0) is 18.8. The molecule has 1 fully saturated rings. The summed E-state index contributed by atoms with van der Waals surface area (Å²) in [6, 6.07) is 14.9. The lowest BCUT2D eigenvalue weighted by Gasteiger charge is -2.38. The van der Waals surface area contributed by atoms with Crippen molar-refractivity contribution in [3.63, 3.8) is 0 Å². The lowest BCUT2D eigenvalue weighted by molar-refractivity contribution is -0.145. The number of hydrogen-bond donors (Lipinski definition) is 1. The van der Waals surface area contributed by atoms with Gasteiger partial charge < -0.3 is 24.6 Å². The van der Waals surface area contributed by atoms with Gasteiger partial charge in [-0.15, -0.1) is 0 Å². The van der Waals surface area contributed by atoms with Gasteiger partial charge in [-0.3, -0.25) is 9.59 Å². The number of methoxy groups -OCH3 is 1. The van der Waals surface area contributed by atoms with Crippen LogP contribution in [0.5, 0.6) is 11.5 Å². The Hall–Kier alpha value is -3.22. The monoisotopic (exact) mass is 367 g/mol. The zero-order valence-corrected chi connectivity index (χ0v) is 15.1. The molecule has 0 bridgehead atoms. The van der Waals surface area contributed by atoms with Gasteiger partial charge in [0.1, 0.15) is 11.5 Å². The quantitative estimate of drug-likeness (QED) is 0.837. The molecule has 1 saturated heterocycles. The Morgan fingerprint density at radius 3 is 2.56 bits per heavy atom. The van der Waals surface area contributed by atoms with E-state index in [-0.39, 0.29) is 5.91 Å². The minimum absolute atomic E-state index is 0.304. The topological polar surface area (TPSA) is 71.1 Å². The highest BCUT2D eigenvalue weighted by atomic mass is 16.5. The van der Waals surface area contributed by atoms with Crippen LogP contribution < -0.4 is 19.7 Å². The first kappa shape index (κ1) is 17.2. The van der Waals surface area contributed by atoms with Gasteiger partial charge in [-0.05, 0) is 24.3 Å². The van der Waals surface area contributed by atoms with Gasteiger partial charge >= 0.3 is 0 Å².